The maximum atomic E-state index is 10.5. The molecule has 0 bridgehead atoms. The lowest BCUT2D eigenvalue weighted by atomic mass is 10.2. The van der Waals surface area contributed by atoms with Crippen LogP contribution in [0.2, 0.25) is 0 Å². The highest BCUT2D eigenvalue weighted by Crippen LogP contribution is 2.36. The lowest BCUT2D eigenvalue weighted by Crippen LogP contribution is -1.83. The van der Waals surface area contributed by atoms with Crippen molar-refractivity contribution in [2.75, 3.05) is 0 Å². The number of para-hydroxylation sites is 1. The SMILES string of the molecule is N#Cc1oc2ccccc2c1Oc1ccc(C=O)o1. The highest BCUT2D eigenvalue weighted by molar-refractivity contribution is 5.86. The minimum atomic E-state index is 0.0604. The summed E-state index contributed by atoms with van der Waals surface area (Å²) < 4.78 is 16.0. The molecule has 0 saturated carbocycles. The molecule has 0 radical (unpaired) electrons. The summed E-state index contributed by atoms with van der Waals surface area (Å²) in [6, 6.07) is 12.0. The Morgan fingerprint density at radius 1 is 1.16 bits per heavy atom. The number of hydrogen-bond acceptors (Lipinski definition) is 5. The summed E-state index contributed by atoms with van der Waals surface area (Å²) in [5, 5.41) is 9.71. The van der Waals surface area contributed by atoms with Gasteiger partial charge in [0.15, 0.2) is 17.8 Å². The van der Waals surface area contributed by atoms with Gasteiger partial charge in [-0.2, -0.15) is 5.26 Å². The van der Waals surface area contributed by atoms with Gasteiger partial charge in [-0.05, 0) is 18.2 Å². The normalized spacial score (nSPS) is 10.3. The van der Waals surface area contributed by atoms with E-state index in [1.165, 1.54) is 12.1 Å². The number of nitriles is 1. The van der Waals surface area contributed by atoms with E-state index in [1.54, 1.807) is 18.2 Å². The molecule has 3 aromatic rings. The first kappa shape index (κ1) is 11.1. The van der Waals surface area contributed by atoms with Crippen LogP contribution in [-0.2, 0) is 0 Å². The molecule has 92 valence electrons. The van der Waals surface area contributed by atoms with Crippen molar-refractivity contribution in [2.45, 2.75) is 0 Å². The van der Waals surface area contributed by atoms with Crippen LogP contribution in [0.1, 0.15) is 16.3 Å². The van der Waals surface area contributed by atoms with Gasteiger partial charge in [0.05, 0.1) is 5.39 Å². The van der Waals surface area contributed by atoms with Crippen LogP contribution in [0.5, 0.6) is 11.7 Å². The van der Waals surface area contributed by atoms with Gasteiger partial charge in [-0.25, -0.2) is 0 Å². The number of ether oxygens (including phenoxy) is 1. The van der Waals surface area contributed by atoms with Gasteiger partial charge in [0.25, 0.3) is 5.95 Å². The summed E-state index contributed by atoms with van der Waals surface area (Å²) in [5.74, 6) is 0.626. The highest BCUT2D eigenvalue weighted by Gasteiger charge is 2.17. The summed E-state index contributed by atoms with van der Waals surface area (Å²) in [4.78, 5) is 10.5. The van der Waals surface area contributed by atoms with Crippen molar-refractivity contribution in [3.05, 3.63) is 47.9 Å². The van der Waals surface area contributed by atoms with Crippen LogP contribution in [0.4, 0.5) is 0 Å². The summed E-state index contributed by atoms with van der Waals surface area (Å²) in [5.41, 5.74) is 0.552. The maximum Gasteiger partial charge on any atom is 0.290 e. The van der Waals surface area contributed by atoms with Gasteiger partial charge in [0.1, 0.15) is 11.7 Å². The van der Waals surface area contributed by atoms with E-state index in [0.29, 0.717) is 17.3 Å². The average molecular weight is 253 g/mol. The van der Waals surface area contributed by atoms with E-state index in [-0.39, 0.29) is 23.2 Å². The molecule has 0 unspecified atom stereocenters. The number of rotatable bonds is 3. The van der Waals surface area contributed by atoms with Gasteiger partial charge < -0.3 is 13.6 Å². The van der Waals surface area contributed by atoms with Gasteiger partial charge in [0, 0.05) is 6.07 Å². The summed E-state index contributed by atoms with van der Waals surface area (Å²) in [6.45, 7) is 0. The Morgan fingerprint density at radius 3 is 2.74 bits per heavy atom. The smallest absolute Gasteiger partial charge is 0.290 e. The fourth-order valence-corrected chi connectivity index (χ4v) is 1.75. The minimum absolute atomic E-state index is 0.0604. The molecule has 0 aliphatic heterocycles. The van der Waals surface area contributed by atoms with Gasteiger partial charge in [-0.1, -0.05) is 12.1 Å². The molecule has 5 nitrogen and oxygen atoms in total. The van der Waals surface area contributed by atoms with Gasteiger partial charge >= 0.3 is 0 Å². The molecule has 0 spiro atoms. The van der Waals surface area contributed by atoms with Crippen LogP contribution in [0, 0.1) is 11.3 Å². The molecule has 0 aliphatic carbocycles. The number of nitrogens with zero attached hydrogens (tertiary/aromatic N) is 1. The van der Waals surface area contributed by atoms with Gasteiger partial charge in [0.2, 0.25) is 5.76 Å². The zero-order valence-corrected chi connectivity index (χ0v) is 9.62. The average Bonchev–Trinajstić information content (AvgIpc) is 3.04. The molecule has 3 rings (SSSR count). The maximum absolute atomic E-state index is 10.5. The van der Waals surface area contributed by atoms with Crippen LogP contribution >= 0.6 is 0 Å². The summed E-state index contributed by atoms with van der Waals surface area (Å²) in [7, 11) is 0. The fourth-order valence-electron chi connectivity index (χ4n) is 1.75. The third-order valence-electron chi connectivity index (χ3n) is 2.57. The molecule has 0 saturated heterocycles. The van der Waals surface area contributed by atoms with Crippen molar-refractivity contribution < 1.29 is 18.4 Å². The Hall–Kier alpha value is -3.00. The molecule has 0 N–H and O–H groups in total. The van der Waals surface area contributed by atoms with Crippen molar-refractivity contribution in [3.63, 3.8) is 0 Å². The molecule has 2 aromatic heterocycles. The summed E-state index contributed by atoms with van der Waals surface area (Å²) in [6.07, 6.45) is 0.575. The van der Waals surface area contributed by atoms with Crippen LogP contribution in [0.15, 0.2) is 45.2 Å². The van der Waals surface area contributed by atoms with Crippen molar-refractivity contribution in [2.24, 2.45) is 0 Å². The van der Waals surface area contributed by atoms with Gasteiger partial charge in [-0.15, -0.1) is 0 Å². The predicted molar refractivity (Wildman–Crippen MR) is 65.1 cm³/mol. The third kappa shape index (κ3) is 1.85. The second-order valence-electron chi connectivity index (χ2n) is 3.74. The van der Waals surface area contributed by atoms with Crippen LogP contribution < -0.4 is 4.74 Å². The number of carbonyl (C=O) groups excluding carboxylic acids is 1. The molecule has 19 heavy (non-hydrogen) atoms. The van der Waals surface area contributed by atoms with Crippen LogP contribution in [0.3, 0.4) is 0 Å². The topological polar surface area (TPSA) is 76.4 Å². The second kappa shape index (κ2) is 4.35. The minimum Gasteiger partial charge on any atom is -0.442 e. The van der Waals surface area contributed by atoms with E-state index in [2.05, 4.69) is 0 Å². The Labute approximate surface area is 107 Å². The second-order valence-corrected chi connectivity index (χ2v) is 3.74. The standard InChI is InChI=1S/C14H7NO4/c15-7-12-14(10-3-1-2-4-11(10)18-12)19-13-6-5-9(8-16)17-13/h1-6,8H. The number of carbonyl (C=O) groups is 1. The number of furan rings is 2. The molecular formula is C14H7NO4. The molecule has 2 heterocycles. The number of benzene rings is 1. The molecule has 1 aromatic carbocycles. The Balaban J connectivity index is 2.08. The molecule has 0 amide bonds. The number of hydrogen-bond donors (Lipinski definition) is 0. The fraction of sp³-hybridized carbons (Fsp3) is 0. The van der Waals surface area contributed by atoms with Crippen LogP contribution in [-0.4, -0.2) is 6.29 Å². The monoisotopic (exact) mass is 253 g/mol. The lowest BCUT2D eigenvalue weighted by Gasteiger charge is -1.98. The first-order chi connectivity index (χ1) is 9.31. The van der Waals surface area contributed by atoms with Crippen molar-refractivity contribution >= 4 is 17.3 Å². The Morgan fingerprint density at radius 2 is 2.00 bits per heavy atom. The van der Waals surface area contributed by atoms with E-state index >= 15 is 0 Å². The molecular weight excluding hydrogens is 246 g/mol. The third-order valence-corrected chi connectivity index (χ3v) is 2.57. The van der Waals surface area contributed by atoms with Crippen molar-refractivity contribution in [1.29, 1.82) is 5.26 Å². The van der Waals surface area contributed by atoms with E-state index < -0.39 is 0 Å². The molecule has 0 fully saturated rings. The zero-order chi connectivity index (χ0) is 13.2. The van der Waals surface area contributed by atoms with E-state index in [1.807, 2.05) is 12.1 Å². The lowest BCUT2D eigenvalue weighted by molar-refractivity contribution is 0.109. The van der Waals surface area contributed by atoms with E-state index in [4.69, 9.17) is 18.8 Å². The number of aldehydes is 1. The Kier molecular flexibility index (Phi) is 2.54. The molecule has 5 heteroatoms. The quantitative estimate of drug-likeness (QED) is 0.667. The van der Waals surface area contributed by atoms with E-state index in [0.717, 1.165) is 0 Å². The Bertz CT molecular complexity index is 791. The molecule has 0 atom stereocenters. The summed E-state index contributed by atoms with van der Waals surface area (Å²) >= 11 is 0. The molecule has 0 aliphatic rings. The van der Waals surface area contributed by atoms with Gasteiger partial charge in [-0.3, -0.25) is 4.79 Å². The first-order valence-corrected chi connectivity index (χ1v) is 5.46. The highest BCUT2D eigenvalue weighted by atomic mass is 16.6. The van der Waals surface area contributed by atoms with Crippen LogP contribution in [0.25, 0.3) is 11.0 Å². The number of fused-ring (bicyclic) bond motifs is 1. The van der Waals surface area contributed by atoms with Crippen molar-refractivity contribution in [3.8, 4) is 17.8 Å². The zero-order valence-electron chi connectivity index (χ0n) is 9.62. The predicted octanol–water partition coefficient (Wildman–Crippen LogP) is 3.50. The largest absolute Gasteiger partial charge is 0.442 e. The van der Waals surface area contributed by atoms with E-state index in [9.17, 15) is 4.79 Å². The first-order valence-electron chi connectivity index (χ1n) is 5.46. The van der Waals surface area contributed by atoms with Crippen molar-refractivity contribution in [1.82, 2.24) is 0 Å².